The molecule has 0 aliphatic heterocycles. The first-order valence-electron chi connectivity index (χ1n) is 6.07. The molecule has 2 rings (SSSR count). The predicted molar refractivity (Wildman–Crippen MR) is 73.3 cm³/mol. The topological polar surface area (TPSA) is 12.0 Å². The molecule has 2 aromatic carbocycles. The summed E-state index contributed by atoms with van der Waals surface area (Å²) in [6.07, 6.45) is 0.286. The molecule has 5 heteroatoms. The van der Waals surface area contributed by atoms with E-state index in [0.29, 0.717) is 16.1 Å². The summed E-state index contributed by atoms with van der Waals surface area (Å²) in [6, 6.07) is 7.59. The van der Waals surface area contributed by atoms with Gasteiger partial charge >= 0.3 is 0 Å². The van der Waals surface area contributed by atoms with Crippen LogP contribution in [0.25, 0.3) is 0 Å². The summed E-state index contributed by atoms with van der Waals surface area (Å²) < 4.78 is 39.9. The van der Waals surface area contributed by atoms with E-state index in [1.54, 1.807) is 7.05 Å². The standard InChI is InChI=1S/C15H13ClF3N/c1-20-15(9-2-4-13(18)14(19)7-9)8-10-6-11(16)3-5-12(10)17/h2-7,15,20H,8H2,1H3. The van der Waals surface area contributed by atoms with Gasteiger partial charge in [0.1, 0.15) is 5.82 Å². The van der Waals surface area contributed by atoms with Gasteiger partial charge in [-0.05, 0) is 54.9 Å². The lowest BCUT2D eigenvalue weighted by Crippen LogP contribution is -2.19. The number of benzene rings is 2. The minimum Gasteiger partial charge on any atom is -0.313 e. The van der Waals surface area contributed by atoms with Crippen LogP contribution in [0, 0.1) is 17.5 Å². The Morgan fingerprint density at radius 2 is 1.70 bits per heavy atom. The van der Waals surface area contributed by atoms with Crippen LogP contribution in [0.5, 0.6) is 0 Å². The molecule has 0 aliphatic rings. The van der Waals surface area contributed by atoms with Crippen LogP contribution in [0.4, 0.5) is 13.2 Å². The van der Waals surface area contributed by atoms with Crippen molar-refractivity contribution in [3.8, 4) is 0 Å². The van der Waals surface area contributed by atoms with Gasteiger partial charge in [0.25, 0.3) is 0 Å². The maximum Gasteiger partial charge on any atom is 0.159 e. The van der Waals surface area contributed by atoms with Gasteiger partial charge < -0.3 is 5.32 Å². The molecule has 1 nitrogen and oxygen atoms in total. The van der Waals surface area contributed by atoms with E-state index in [2.05, 4.69) is 5.32 Å². The van der Waals surface area contributed by atoms with Gasteiger partial charge in [-0.15, -0.1) is 0 Å². The van der Waals surface area contributed by atoms with Crippen LogP contribution in [0.2, 0.25) is 5.02 Å². The fourth-order valence-electron chi connectivity index (χ4n) is 2.04. The van der Waals surface area contributed by atoms with Crippen LogP contribution < -0.4 is 5.32 Å². The second-order valence-corrected chi connectivity index (χ2v) is 4.89. The Kier molecular flexibility index (Phi) is 4.68. The Balaban J connectivity index is 2.28. The van der Waals surface area contributed by atoms with Crippen LogP contribution >= 0.6 is 11.6 Å². The average molecular weight is 300 g/mol. The Hall–Kier alpha value is -1.52. The van der Waals surface area contributed by atoms with Crippen LogP contribution in [0.15, 0.2) is 36.4 Å². The fraction of sp³-hybridized carbons (Fsp3) is 0.200. The second kappa shape index (κ2) is 6.29. The van der Waals surface area contributed by atoms with Crippen LogP contribution in [0.1, 0.15) is 17.2 Å². The highest BCUT2D eigenvalue weighted by Crippen LogP contribution is 2.23. The van der Waals surface area contributed by atoms with Gasteiger partial charge in [-0.25, -0.2) is 13.2 Å². The highest BCUT2D eigenvalue weighted by Gasteiger charge is 2.15. The zero-order chi connectivity index (χ0) is 14.7. The van der Waals surface area contributed by atoms with E-state index in [0.717, 1.165) is 12.1 Å². The highest BCUT2D eigenvalue weighted by atomic mass is 35.5. The van der Waals surface area contributed by atoms with Gasteiger partial charge in [-0.2, -0.15) is 0 Å². The quantitative estimate of drug-likeness (QED) is 0.889. The van der Waals surface area contributed by atoms with Crippen molar-refractivity contribution < 1.29 is 13.2 Å². The Labute approximate surface area is 120 Å². The summed E-state index contributed by atoms with van der Waals surface area (Å²) in [5.41, 5.74) is 0.965. The van der Waals surface area contributed by atoms with E-state index < -0.39 is 11.6 Å². The van der Waals surface area contributed by atoms with Gasteiger partial charge in [0.05, 0.1) is 0 Å². The normalized spacial score (nSPS) is 12.4. The lowest BCUT2D eigenvalue weighted by molar-refractivity contribution is 0.499. The molecule has 1 atom stereocenters. The summed E-state index contributed by atoms with van der Waals surface area (Å²) in [6.45, 7) is 0. The monoisotopic (exact) mass is 299 g/mol. The summed E-state index contributed by atoms with van der Waals surface area (Å²) in [4.78, 5) is 0. The molecule has 0 aliphatic carbocycles. The maximum absolute atomic E-state index is 13.7. The van der Waals surface area contributed by atoms with Crippen molar-refractivity contribution in [2.24, 2.45) is 0 Å². The first-order chi connectivity index (χ1) is 9.51. The molecule has 20 heavy (non-hydrogen) atoms. The third kappa shape index (κ3) is 3.32. The maximum atomic E-state index is 13.7. The molecule has 106 valence electrons. The zero-order valence-electron chi connectivity index (χ0n) is 10.8. The van der Waals surface area contributed by atoms with Crippen LogP contribution in [-0.2, 0) is 6.42 Å². The molecule has 0 saturated heterocycles. The van der Waals surface area contributed by atoms with E-state index in [-0.39, 0.29) is 18.3 Å². The lowest BCUT2D eigenvalue weighted by atomic mass is 9.98. The van der Waals surface area contributed by atoms with Crippen molar-refractivity contribution in [2.75, 3.05) is 7.05 Å². The molecule has 1 N–H and O–H groups in total. The van der Waals surface area contributed by atoms with E-state index in [9.17, 15) is 13.2 Å². The molecule has 0 radical (unpaired) electrons. The highest BCUT2D eigenvalue weighted by molar-refractivity contribution is 6.30. The van der Waals surface area contributed by atoms with E-state index in [4.69, 9.17) is 11.6 Å². The molecular formula is C15H13ClF3N. The van der Waals surface area contributed by atoms with Crippen molar-refractivity contribution in [1.82, 2.24) is 5.32 Å². The van der Waals surface area contributed by atoms with Crippen molar-refractivity contribution in [3.05, 3.63) is 70.0 Å². The lowest BCUT2D eigenvalue weighted by Gasteiger charge is -2.17. The van der Waals surface area contributed by atoms with Gasteiger partial charge in [0.15, 0.2) is 11.6 Å². The molecular weight excluding hydrogens is 287 g/mol. The van der Waals surface area contributed by atoms with Crippen molar-refractivity contribution >= 4 is 11.6 Å². The van der Waals surface area contributed by atoms with Gasteiger partial charge in [0.2, 0.25) is 0 Å². The van der Waals surface area contributed by atoms with Crippen LogP contribution in [-0.4, -0.2) is 7.05 Å². The van der Waals surface area contributed by atoms with E-state index in [1.807, 2.05) is 0 Å². The molecule has 1 unspecified atom stereocenters. The summed E-state index contributed by atoms with van der Waals surface area (Å²) in [5.74, 6) is -2.20. The van der Waals surface area contributed by atoms with Gasteiger partial charge in [-0.3, -0.25) is 0 Å². The second-order valence-electron chi connectivity index (χ2n) is 4.45. The molecule has 0 spiro atoms. The molecule has 0 amide bonds. The summed E-state index contributed by atoms with van der Waals surface area (Å²) >= 11 is 5.84. The molecule has 0 saturated carbocycles. The van der Waals surface area contributed by atoms with Crippen molar-refractivity contribution in [3.63, 3.8) is 0 Å². The average Bonchev–Trinajstić information content (AvgIpc) is 2.43. The molecule has 0 heterocycles. The third-order valence-corrected chi connectivity index (χ3v) is 3.36. The molecule has 0 aromatic heterocycles. The Morgan fingerprint density at radius 3 is 2.35 bits per heavy atom. The number of hydrogen-bond acceptors (Lipinski definition) is 1. The van der Waals surface area contributed by atoms with Gasteiger partial charge in [0, 0.05) is 11.1 Å². The zero-order valence-corrected chi connectivity index (χ0v) is 11.5. The van der Waals surface area contributed by atoms with Gasteiger partial charge in [-0.1, -0.05) is 17.7 Å². The van der Waals surface area contributed by atoms with Crippen molar-refractivity contribution in [1.29, 1.82) is 0 Å². The predicted octanol–water partition coefficient (Wildman–Crippen LogP) is 4.26. The Bertz CT molecular complexity index is 616. The van der Waals surface area contributed by atoms with E-state index >= 15 is 0 Å². The smallest absolute Gasteiger partial charge is 0.159 e. The summed E-state index contributed by atoms with van der Waals surface area (Å²) in [5, 5.41) is 3.39. The fourth-order valence-corrected chi connectivity index (χ4v) is 2.23. The van der Waals surface area contributed by atoms with E-state index in [1.165, 1.54) is 24.3 Å². The minimum absolute atomic E-state index is 0.286. The number of rotatable bonds is 4. The Morgan fingerprint density at radius 1 is 1.00 bits per heavy atom. The molecule has 0 fully saturated rings. The van der Waals surface area contributed by atoms with Crippen molar-refractivity contribution in [2.45, 2.75) is 12.5 Å². The number of nitrogens with one attached hydrogen (secondary N) is 1. The summed E-state index contributed by atoms with van der Waals surface area (Å²) in [7, 11) is 1.67. The largest absolute Gasteiger partial charge is 0.313 e. The number of hydrogen-bond donors (Lipinski definition) is 1. The first kappa shape index (κ1) is 14.9. The minimum atomic E-state index is -0.922. The number of likely N-dealkylation sites (N-methyl/N-ethyl adjacent to an activating group) is 1. The number of halogens is 4. The molecule has 2 aromatic rings. The molecule has 0 bridgehead atoms. The SMILES string of the molecule is CNC(Cc1cc(Cl)ccc1F)c1ccc(F)c(F)c1. The first-order valence-corrected chi connectivity index (χ1v) is 6.45. The third-order valence-electron chi connectivity index (χ3n) is 3.13. The van der Waals surface area contributed by atoms with Crippen LogP contribution in [0.3, 0.4) is 0 Å².